The first-order valence-corrected chi connectivity index (χ1v) is 9.17. The largest absolute Gasteiger partial charge is 0.478 e. The predicted octanol–water partition coefficient (Wildman–Crippen LogP) is 2.45. The van der Waals surface area contributed by atoms with Crippen LogP contribution in [0.15, 0.2) is 47.4 Å². The van der Waals surface area contributed by atoms with E-state index in [1.54, 1.807) is 19.1 Å². The molecule has 1 aliphatic heterocycles. The predicted molar refractivity (Wildman–Crippen MR) is 94.1 cm³/mol. The minimum Gasteiger partial charge on any atom is -0.478 e. The second-order valence-corrected chi connectivity index (χ2v) is 7.39. The lowest BCUT2D eigenvalue weighted by Crippen LogP contribution is -2.23. The highest BCUT2D eigenvalue weighted by molar-refractivity contribution is 7.92. The van der Waals surface area contributed by atoms with Crippen molar-refractivity contribution in [3.05, 3.63) is 53.6 Å². The number of carbonyl (C=O) groups is 2. The van der Waals surface area contributed by atoms with Gasteiger partial charge in [0.25, 0.3) is 10.0 Å². The van der Waals surface area contributed by atoms with Crippen molar-refractivity contribution >= 4 is 33.5 Å². The number of anilines is 2. The summed E-state index contributed by atoms with van der Waals surface area (Å²) in [5.74, 6) is -1.20. The number of benzene rings is 2. The molecule has 0 radical (unpaired) electrons. The van der Waals surface area contributed by atoms with Crippen molar-refractivity contribution in [3.8, 4) is 0 Å². The van der Waals surface area contributed by atoms with E-state index in [2.05, 4.69) is 4.72 Å². The Kier molecular flexibility index (Phi) is 4.56. The number of carboxylic acids is 1. The Morgan fingerprint density at radius 1 is 1.23 bits per heavy atom. The van der Waals surface area contributed by atoms with Gasteiger partial charge in [-0.05, 0) is 42.8 Å². The number of hydrogen-bond acceptors (Lipinski definition) is 5. The lowest BCUT2D eigenvalue weighted by atomic mass is 10.1. The van der Waals surface area contributed by atoms with E-state index >= 15 is 0 Å². The number of carboxylic acid groups (broad SMARTS) is 1. The van der Waals surface area contributed by atoms with Crippen molar-refractivity contribution in [1.82, 2.24) is 0 Å². The average Bonchev–Trinajstić information content (AvgIpc) is 3.00. The number of aromatic carboxylic acids is 1. The van der Waals surface area contributed by atoms with Crippen molar-refractivity contribution in [1.29, 1.82) is 0 Å². The molecule has 0 spiro atoms. The number of amides is 1. The Morgan fingerprint density at radius 3 is 2.65 bits per heavy atom. The van der Waals surface area contributed by atoms with E-state index < -0.39 is 22.1 Å². The van der Waals surface area contributed by atoms with Crippen LogP contribution in [-0.2, 0) is 14.8 Å². The highest BCUT2D eigenvalue weighted by atomic mass is 32.2. The van der Waals surface area contributed by atoms with Gasteiger partial charge in [0.15, 0.2) is 0 Å². The number of nitrogens with one attached hydrogen (secondary N) is 1. The topological polar surface area (TPSA) is 113 Å². The lowest BCUT2D eigenvalue weighted by molar-refractivity contribution is 0.0695. The summed E-state index contributed by atoms with van der Waals surface area (Å²) in [6, 6.07) is 10.2. The summed E-state index contributed by atoms with van der Waals surface area (Å²) in [4.78, 5) is 24.1. The summed E-state index contributed by atoms with van der Waals surface area (Å²) in [6.45, 7) is 2.25. The molecule has 0 atom stereocenters. The molecule has 3 rings (SSSR count). The van der Waals surface area contributed by atoms with Gasteiger partial charge in [0.2, 0.25) is 0 Å². The van der Waals surface area contributed by atoms with Crippen molar-refractivity contribution in [2.24, 2.45) is 0 Å². The molecule has 1 saturated heterocycles. The van der Waals surface area contributed by atoms with Crippen LogP contribution < -0.4 is 9.62 Å². The van der Waals surface area contributed by atoms with E-state index in [4.69, 9.17) is 9.84 Å². The molecule has 0 bridgehead atoms. The standard InChI is InChI=1S/C17H16N2O6S/c1-11-5-6-14(10-15(11)16(20)21)26(23,24)18-12-3-2-4-13(9-12)19-7-8-25-17(19)22/h2-6,9-10,18H,7-8H2,1H3,(H,20,21). The number of carbonyl (C=O) groups excluding carboxylic acids is 1. The fourth-order valence-corrected chi connectivity index (χ4v) is 3.65. The number of ether oxygens (including phenoxy) is 1. The second-order valence-electron chi connectivity index (χ2n) is 5.70. The first-order valence-electron chi connectivity index (χ1n) is 7.69. The number of hydrogen-bond donors (Lipinski definition) is 2. The van der Waals surface area contributed by atoms with E-state index in [0.29, 0.717) is 17.8 Å². The van der Waals surface area contributed by atoms with Crippen LogP contribution in [0.3, 0.4) is 0 Å². The number of cyclic esters (lactones) is 1. The Morgan fingerprint density at radius 2 is 2.00 bits per heavy atom. The molecule has 8 nitrogen and oxygen atoms in total. The molecule has 26 heavy (non-hydrogen) atoms. The van der Waals surface area contributed by atoms with Crippen LogP contribution in [0.4, 0.5) is 16.2 Å². The molecular weight excluding hydrogens is 360 g/mol. The average molecular weight is 376 g/mol. The van der Waals surface area contributed by atoms with E-state index in [-0.39, 0.29) is 22.8 Å². The minimum absolute atomic E-state index is 0.0820. The summed E-state index contributed by atoms with van der Waals surface area (Å²) < 4.78 is 32.4. The number of rotatable bonds is 5. The van der Waals surface area contributed by atoms with Crippen LogP contribution in [0.2, 0.25) is 0 Å². The van der Waals surface area contributed by atoms with E-state index in [1.165, 1.54) is 29.2 Å². The van der Waals surface area contributed by atoms with E-state index in [9.17, 15) is 18.0 Å². The summed E-state index contributed by atoms with van der Waals surface area (Å²) in [5.41, 5.74) is 1.13. The fourth-order valence-electron chi connectivity index (χ4n) is 2.58. The Balaban J connectivity index is 1.89. The van der Waals surface area contributed by atoms with Crippen LogP contribution in [0.25, 0.3) is 0 Å². The molecule has 1 amide bonds. The van der Waals surface area contributed by atoms with Crippen LogP contribution in [0.5, 0.6) is 0 Å². The highest BCUT2D eigenvalue weighted by Crippen LogP contribution is 2.25. The van der Waals surface area contributed by atoms with Crippen LogP contribution in [-0.4, -0.2) is 38.7 Å². The third kappa shape index (κ3) is 3.47. The molecule has 1 aliphatic rings. The number of nitrogens with zero attached hydrogens (tertiary/aromatic N) is 1. The van der Waals surface area contributed by atoms with Crippen molar-refractivity contribution in [2.45, 2.75) is 11.8 Å². The first kappa shape index (κ1) is 17.7. The number of aryl methyl sites for hydroxylation is 1. The van der Waals surface area contributed by atoms with Gasteiger partial charge in [-0.1, -0.05) is 12.1 Å². The molecule has 2 aromatic rings. The zero-order chi connectivity index (χ0) is 18.9. The number of sulfonamides is 1. The zero-order valence-electron chi connectivity index (χ0n) is 13.8. The van der Waals surface area contributed by atoms with Gasteiger partial charge in [-0.3, -0.25) is 9.62 Å². The maximum atomic E-state index is 12.6. The molecular formula is C17H16N2O6S. The molecule has 0 aromatic heterocycles. The van der Waals surface area contributed by atoms with Gasteiger partial charge in [0, 0.05) is 5.69 Å². The monoisotopic (exact) mass is 376 g/mol. The van der Waals surface area contributed by atoms with E-state index in [1.807, 2.05) is 0 Å². The van der Waals surface area contributed by atoms with Crippen molar-refractivity contribution in [2.75, 3.05) is 22.8 Å². The molecule has 0 aliphatic carbocycles. The molecule has 1 heterocycles. The second kappa shape index (κ2) is 6.68. The SMILES string of the molecule is Cc1ccc(S(=O)(=O)Nc2cccc(N3CCOC3=O)c2)cc1C(=O)O. The first-order chi connectivity index (χ1) is 12.3. The smallest absolute Gasteiger partial charge is 0.414 e. The maximum absolute atomic E-state index is 12.6. The third-order valence-corrected chi connectivity index (χ3v) is 5.30. The van der Waals surface area contributed by atoms with Gasteiger partial charge in [-0.15, -0.1) is 0 Å². The van der Waals surface area contributed by atoms with Crippen LogP contribution >= 0.6 is 0 Å². The summed E-state index contributed by atoms with van der Waals surface area (Å²) in [5, 5.41) is 9.16. The normalized spacial score (nSPS) is 14.2. The molecule has 2 N–H and O–H groups in total. The van der Waals surface area contributed by atoms with Gasteiger partial charge < -0.3 is 9.84 Å². The van der Waals surface area contributed by atoms with Gasteiger partial charge in [-0.25, -0.2) is 18.0 Å². The zero-order valence-corrected chi connectivity index (χ0v) is 14.6. The fraction of sp³-hybridized carbons (Fsp3) is 0.176. The molecule has 0 unspecified atom stereocenters. The third-order valence-electron chi connectivity index (χ3n) is 3.92. The summed E-state index contributed by atoms with van der Waals surface area (Å²) in [7, 11) is -3.99. The Labute approximate surface area is 150 Å². The van der Waals surface area contributed by atoms with Gasteiger partial charge in [0.1, 0.15) is 6.61 Å². The molecule has 2 aromatic carbocycles. The molecule has 1 fully saturated rings. The van der Waals surface area contributed by atoms with Crippen LogP contribution in [0.1, 0.15) is 15.9 Å². The quantitative estimate of drug-likeness (QED) is 0.829. The highest BCUT2D eigenvalue weighted by Gasteiger charge is 2.24. The molecule has 0 saturated carbocycles. The van der Waals surface area contributed by atoms with Crippen molar-refractivity contribution < 1.29 is 27.9 Å². The van der Waals surface area contributed by atoms with Gasteiger partial charge >= 0.3 is 12.1 Å². The molecule has 136 valence electrons. The van der Waals surface area contributed by atoms with Gasteiger partial charge in [0.05, 0.1) is 22.7 Å². The maximum Gasteiger partial charge on any atom is 0.414 e. The van der Waals surface area contributed by atoms with Gasteiger partial charge in [-0.2, -0.15) is 0 Å². The lowest BCUT2D eigenvalue weighted by Gasteiger charge is -2.15. The Hall–Kier alpha value is -3.07. The Bertz CT molecular complexity index is 986. The summed E-state index contributed by atoms with van der Waals surface area (Å²) >= 11 is 0. The van der Waals surface area contributed by atoms with Crippen LogP contribution in [0, 0.1) is 6.92 Å². The molecule has 9 heteroatoms. The minimum atomic E-state index is -3.99. The van der Waals surface area contributed by atoms with E-state index in [0.717, 1.165) is 6.07 Å². The van der Waals surface area contributed by atoms with Crippen molar-refractivity contribution in [3.63, 3.8) is 0 Å². The summed E-state index contributed by atoms with van der Waals surface area (Å²) in [6.07, 6.45) is -0.491.